The van der Waals surface area contributed by atoms with Gasteiger partial charge in [-0.15, -0.1) is 0 Å². The number of nitro groups is 1. The van der Waals surface area contributed by atoms with Crippen molar-refractivity contribution in [3.8, 4) is 17.3 Å². The van der Waals surface area contributed by atoms with Crippen molar-refractivity contribution in [2.45, 2.75) is 6.54 Å². The molecule has 4 rings (SSSR count). The van der Waals surface area contributed by atoms with Gasteiger partial charge in [0.2, 0.25) is 0 Å². The molecule has 0 unspecified atom stereocenters. The summed E-state index contributed by atoms with van der Waals surface area (Å²) >= 11 is 0. The van der Waals surface area contributed by atoms with E-state index < -0.39 is 4.92 Å². The van der Waals surface area contributed by atoms with Gasteiger partial charge in [0.15, 0.2) is 11.6 Å². The fraction of sp³-hybridized carbons (Fsp3) is 0.111. The molecule has 3 aromatic heterocycles. The van der Waals surface area contributed by atoms with Crippen molar-refractivity contribution < 1.29 is 14.4 Å². The average molecular weight is 365 g/mol. The van der Waals surface area contributed by atoms with Crippen LogP contribution in [0.5, 0.6) is 5.75 Å². The van der Waals surface area contributed by atoms with Crippen LogP contribution in [0, 0.1) is 10.1 Å². The zero-order valence-electron chi connectivity index (χ0n) is 14.1. The number of phenols is 1. The minimum absolute atomic E-state index is 0.0637. The van der Waals surface area contributed by atoms with Crippen LogP contribution in [0.4, 0.5) is 11.5 Å². The quantitative estimate of drug-likeness (QED) is 0.397. The molecule has 0 saturated carbocycles. The number of aromatic nitrogens is 3. The molecule has 136 valence electrons. The SMILES string of the molecule is O=[N+]([O-])c1ccc(NCCn2c(-c3ccco3)nc3cccc(O)c32)nc1. The average Bonchev–Trinajstić information content (AvgIpc) is 3.30. The Labute approximate surface area is 153 Å². The van der Waals surface area contributed by atoms with E-state index in [1.54, 1.807) is 36.6 Å². The number of fused-ring (bicyclic) bond motifs is 1. The molecule has 0 aliphatic rings. The summed E-state index contributed by atoms with van der Waals surface area (Å²) in [6, 6.07) is 11.7. The molecular formula is C18H15N5O4. The van der Waals surface area contributed by atoms with Crippen molar-refractivity contribution in [1.82, 2.24) is 14.5 Å². The summed E-state index contributed by atoms with van der Waals surface area (Å²) in [7, 11) is 0. The van der Waals surface area contributed by atoms with Gasteiger partial charge in [-0.3, -0.25) is 10.1 Å². The van der Waals surface area contributed by atoms with Gasteiger partial charge in [0, 0.05) is 19.2 Å². The summed E-state index contributed by atoms with van der Waals surface area (Å²) in [5.74, 6) is 1.86. The Kier molecular flexibility index (Phi) is 4.17. The first-order valence-corrected chi connectivity index (χ1v) is 8.20. The zero-order valence-corrected chi connectivity index (χ0v) is 14.1. The lowest BCUT2D eigenvalue weighted by Crippen LogP contribution is -2.12. The molecule has 0 atom stereocenters. The van der Waals surface area contributed by atoms with Gasteiger partial charge < -0.3 is 19.4 Å². The van der Waals surface area contributed by atoms with Gasteiger partial charge in [-0.25, -0.2) is 9.97 Å². The van der Waals surface area contributed by atoms with Crippen LogP contribution >= 0.6 is 0 Å². The monoisotopic (exact) mass is 365 g/mol. The number of phenolic OH excluding ortho intramolecular Hbond substituents is 1. The van der Waals surface area contributed by atoms with E-state index in [0.717, 1.165) is 0 Å². The fourth-order valence-corrected chi connectivity index (χ4v) is 2.87. The van der Waals surface area contributed by atoms with Crippen molar-refractivity contribution in [3.05, 3.63) is 65.0 Å². The minimum atomic E-state index is -0.493. The minimum Gasteiger partial charge on any atom is -0.506 e. The van der Waals surface area contributed by atoms with Crippen molar-refractivity contribution in [3.63, 3.8) is 0 Å². The third kappa shape index (κ3) is 3.17. The standard InChI is InChI=1S/C18H15N5O4/c24-14-4-1-3-13-17(14)22(18(21-13)15-5-2-10-27-15)9-8-19-16-7-6-12(11-20-16)23(25)26/h1-7,10-11,24H,8-9H2,(H,19,20). The third-order valence-corrected chi connectivity index (χ3v) is 4.09. The largest absolute Gasteiger partial charge is 0.506 e. The zero-order chi connectivity index (χ0) is 18.8. The van der Waals surface area contributed by atoms with E-state index in [1.165, 1.54) is 12.3 Å². The Hall–Kier alpha value is -3.88. The molecule has 0 fully saturated rings. The molecule has 1 aromatic carbocycles. The fourth-order valence-electron chi connectivity index (χ4n) is 2.87. The smallest absolute Gasteiger partial charge is 0.287 e. The summed E-state index contributed by atoms with van der Waals surface area (Å²) in [4.78, 5) is 18.8. The van der Waals surface area contributed by atoms with Crippen molar-refractivity contribution >= 4 is 22.5 Å². The number of imidazole rings is 1. The number of anilines is 1. The van der Waals surface area contributed by atoms with Crippen LogP contribution in [-0.2, 0) is 6.54 Å². The maximum Gasteiger partial charge on any atom is 0.287 e. The number of nitrogens with one attached hydrogen (secondary N) is 1. The lowest BCUT2D eigenvalue weighted by molar-refractivity contribution is -0.385. The molecule has 27 heavy (non-hydrogen) atoms. The Morgan fingerprint density at radius 2 is 2.11 bits per heavy atom. The van der Waals surface area contributed by atoms with Gasteiger partial charge >= 0.3 is 0 Å². The predicted molar refractivity (Wildman–Crippen MR) is 98.5 cm³/mol. The molecule has 0 aliphatic carbocycles. The van der Waals surface area contributed by atoms with Gasteiger partial charge in [0.25, 0.3) is 5.69 Å². The topological polar surface area (TPSA) is 119 Å². The first kappa shape index (κ1) is 16.6. The van der Waals surface area contributed by atoms with Crippen LogP contribution in [0.25, 0.3) is 22.6 Å². The Bertz CT molecular complexity index is 1090. The number of pyridine rings is 1. The lowest BCUT2D eigenvalue weighted by Gasteiger charge is -2.10. The van der Waals surface area contributed by atoms with E-state index >= 15 is 0 Å². The van der Waals surface area contributed by atoms with Crippen molar-refractivity contribution in [2.75, 3.05) is 11.9 Å². The second-order valence-electron chi connectivity index (χ2n) is 5.79. The number of benzene rings is 1. The van der Waals surface area contributed by atoms with Crippen LogP contribution in [0.15, 0.2) is 59.3 Å². The number of hydrogen-bond donors (Lipinski definition) is 2. The van der Waals surface area contributed by atoms with E-state index in [1.807, 2.05) is 10.6 Å². The number of rotatable bonds is 6. The second-order valence-corrected chi connectivity index (χ2v) is 5.79. The van der Waals surface area contributed by atoms with Crippen LogP contribution in [-0.4, -0.2) is 31.1 Å². The summed E-state index contributed by atoms with van der Waals surface area (Å²) in [6.07, 6.45) is 2.77. The molecular weight excluding hydrogens is 350 g/mol. The molecule has 0 radical (unpaired) electrons. The molecule has 0 aliphatic heterocycles. The highest BCUT2D eigenvalue weighted by atomic mass is 16.6. The van der Waals surface area contributed by atoms with Crippen LogP contribution in [0.2, 0.25) is 0 Å². The molecule has 0 amide bonds. The molecule has 2 N–H and O–H groups in total. The number of hydrogen-bond acceptors (Lipinski definition) is 7. The van der Waals surface area contributed by atoms with E-state index in [0.29, 0.717) is 41.5 Å². The number of para-hydroxylation sites is 1. The Morgan fingerprint density at radius 1 is 1.22 bits per heavy atom. The molecule has 9 heteroatoms. The van der Waals surface area contributed by atoms with E-state index in [9.17, 15) is 15.2 Å². The number of nitrogens with zero attached hydrogens (tertiary/aromatic N) is 4. The van der Waals surface area contributed by atoms with Gasteiger partial charge in [0.05, 0.1) is 16.7 Å². The Balaban J connectivity index is 1.59. The first-order chi connectivity index (χ1) is 13.1. The highest BCUT2D eigenvalue weighted by Crippen LogP contribution is 2.30. The van der Waals surface area contributed by atoms with Crippen LogP contribution in [0.1, 0.15) is 0 Å². The van der Waals surface area contributed by atoms with Crippen molar-refractivity contribution in [1.29, 1.82) is 0 Å². The normalized spacial score (nSPS) is 11.0. The van der Waals surface area contributed by atoms with E-state index in [4.69, 9.17) is 4.42 Å². The third-order valence-electron chi connectivity index (χ3n) is 4.09. The van der Waals surface area contributed by atoms with Crippen LogP contribution < -0.4 is 5.32 Å². The summed E-state index contributed by atoms with van der Waals surface area (Å²) in [6.45, 7) is 0.946. The maximum atomic E-state index is 10.7. The molecule has 4 aromatic rings. The number of aromatic hydroxyl groups is 1. The van der Waals surface area contributed by atoms with Gasteiger partial charge in [-0.1, -0.05) is 6.07 Å². The summed E-state index contributed by atoms with van der Waals surface area (Å²) in [5.41, 5.74) is 1.21. The lowest BCUT2D eigenvalue weighted by atomic mass is 10.3. The van der Waals surface area contributed by atoms with Crippen LogP contribution in [0.3, 0.4) is 0 Å². The molecule has 3 heterocycles. The Morgan fingerprint density at radius 3 is 2.81 bits per heavy atom. The summed E-state index contributed by atoms with van der Waals surface area (Å²) in [5, 5.41) is 24.1. The maximum absolute atomic E-state index is 10.7. The first-order valence-electron chi connectivity index (χ1n) is 8.20. The highest BCUT2D eigenvalue weighted by Gasteiger charge is 2.17. The van der Waals surface area contributed by atoms with Gasteiger partial charge in [-0.2, -0.15) is 0 Å². The van der Waals surface area contributed by atoms with E-state index in [2.05, 4.69) is 15.3 Å². The highest BCUT2D eigenvalue weighted by molar-refractivity contribution is 5.85. The van der Waals surface area contributed by atoms with Crippen molar-refractivity contribution in [2.24, 2.45) is 0 Å². The number of furan rings is 1. The van der Waals surface area contributed by atoms with E-state index in [-0.39, 0.29) is 11.4 Å². The second kappa shape index (κ2) is 6.79. The molecule has 0 spiro atoms. The van der Waals surface area contributed by atoms with Gasteiger partial charge in [0.1, 0.15) is 23.3 Å². The molecule has 0 saturated heterocycles. The predicted octanol–water partition coefficient (Wildman–Crippen LogP) is 3.42. The molecule has 0 bridgehead atoms. The molecule has 9 nitrogen and oxygen atoms in total. The summed E-state index contributed by atoms with van der Waals surface area (Å²) < 4.78 is 7.33. The van der Waals surface area contributed by atoms with Gasteiger partial charge in [-0.05, 0) is 30.3 Å².